The van der Waals surface area contributed by atoms with E-state index in [1.54, 1.807) is 25.3 Å². The molecule has 35 heavy (non-hydrogen) atoms. The van der Waals surface area contributed by atoms with E-state index >= 15 is 0 Å². The summed E-state index contributed by atoms with van der Waals surface area (Å²) in [5.41, 5.74) is 2.30. The van der Waals surface area contributed by atoms with Gasteiger partial charge in [0.15, 0.2) is 0 Å². The Morgan fingerprint density at radius 1 is 1.26 bits per heavy atom. The first-order chi connectivity index (χ1) is 17.0. The van der Waals surface area contributed by atoms with Gasteiger partial charge in [-0.1, -0.05) is 6.08 Å². The summed E-state index contributed by atoms with van der Waals surface area (Å²) in [6.45, 7) is 13.5. The summed E-state index contributed by atoms with van der Waals surface area (Å²) >= 11 is 0. The molecule has 0 aromatic carbocycles. The molecule has 3 aliphatic rings. The summed E-state index contributed by atoms with van der Waals surface area (Å²) in [6.07, 6.45) is 10.9. The average Bonchev–Trinajstić information content (AvgIpc) is 3.48. The number of allylic oxidation sites excluding steroid dienone is 1. The minimum atomic E-state index is -0.314. The summed E-state index contributed by atoms with van der Waals surface area (Å²) in [5.74, 6) is 0.545. The van der Waals surface area contributed by atoms with Crippen LogP contribution >= 0.6 is 0 Å². The van der Waals surface area contributed by atoms with Crippen LogP contribution in [0.3, 0.4) is 0 Å². The molecule has 1 spiro atoms. The Morgan fingerprint density at radius 2 is 2.03 bits per heavy atom. The SMILES string of the molecule is C=CCn1cc(-c2cc(F)cnc2N2CCN(C3CCC4(C3)CN(C)C4)CC2)cn1.CCOC=O. The molecular weight excluding hydrogens is 447 g/mol. The van der Waals surface area contributed by atoms with E-state index < -0.39 is 0 Å². The van der Waals surface area contributed by atoms with Gasteiger partial charge in [-0.15, -0.1) is 6.58 Å². The number of hydrogen-bond acceptors (Lipinski definition) is 7. The van der Waals surface area contributed by atoms with Gasteiger partial charge in [0, 0.05) is 62.6 Å². The van der Waals surface area contributed by atoms with E-state index in [4.69, 9.17) is 0 Å². The van der Waals surface area contributed by atoms with E-state index in [9.17, 15) is 9.18 Å². The highest BCUT2D eigenvalue weighted by molar-refractivity contribution is 5.75. The Labute approximate surface area is 207 Å². The van der Waals surface area contributed by atoms with Gasteiger partial charge in [0.2, 0.25) is 0 Å². The van der Waals surface area contributed by atoms with Crippen molar-refractivity contribution in [2.75, 3.05) is 57.8 Å². The van der Waals surface area contributed by atoms with Gasteiger partial charge >= 0.3 is 0 Å². The van der Waals surface area contributed by atoms with Crippen molar-refractivity contribution >= 4 is 12.3 Å². The van der Waals surface area contributed by atoms with Crippen LogP contribution in [0.2, 0.25) is 0 Å². The lowest BCUT2D eigenvalue weighted by Gasteiger charge is -2.47. The van der Waals surface area contributed by atoms with Crippen molar-refractivity contribution in [3.8, 4) is 11.1 Å². The number of nitrogens with zero attached hydrogens (tertiary/aromatic N) is 6. The molecule has 1 aliphatic carbocycles. The number of likely N-dealkylation sites (tertiary alicyclic amines) is 1. The van der Waals surface area contributed by atoms with Gasteiger partial charge in [0.1, 0.15) is 11.6 Å². The number of carbonyl (C=O) groups is 1. The topological polar surface area (TPSA) is 66.7 Å². The summed E-state index contributed by atoms with van der Waals surface area (Å²) in [5, 5.41) is 4.36. The zero-order valence-corrected chi connectivity index (χ0v) is 20.9. The zero-order chi connectivity index (χ0) is 24.8. The third-order valence-corrected chi connectivity index (χ3v) is 7.35. The minimum absolute atomic E-state index is 0.314. The highest BCUT2D eigenvalue weighted by Gasteiger charge is 2.48. The molecule has 2 saturated heterocycles. The second-order valence-electron chi connectivity index (χ2n) is 9.91. The molecule has 0 radical (unpaired) electrons. The lowest BCUT2D eigenvalue weighted by molar-refractivity contribution is -0.128. The van der Waals surface area contributed by atoms with E-state index in [1.165, 1.54) is 38.5 Å². The molecule has 1 unspecified atom stereocenters. The number of ether oxygens (including phenoxy) is 1. The maximum atomic E-state index is 14.0. The van der Waals surface area contributed by atoms with Crippen molar-refractivity contribution in [1.29, 1.82) is 0 Å². The fourth-order valence-corrected chi connectivity index (χ4v) is 5.87. The molecule has 5 rings (SSSR count). The Balaban J connectivity index is 0.000000527. The van der Waals surface area contributed by atoms with Crippen LogP contribution in [-0.2, 0) is 16.1 Å². The Morgan fingerprint density at radius 3 is 2.66 bits per heavy atom. The predicted molar refractivity (Wildman–Crippen MR) is 135 cm³/mol. The third kappa shape index (κ3) is 5.90. The Hall–Kier alpha value is -2.78. The number of anilines is 1. The second-order valence-corrected chi connectivity index (χ2v) is 9.91. The number of aromatic nitrogens is 3. The van der Waals surface area contributed by atoms with Crippen LogP contribution in [0, 0.1) is 11.2 Å². The molecule has 0 amide bonds. The van der Waals surface area contributed by atoms with Crippen LogP contribution in [0.4, 0.5) is 10.2 Å². The summed E-state index contributed by atoms with van der Waals surface area (Å²) in [7, 11) is 2.23. The van der Waals surface area contributed by atoms with Gasteiger partial charge in [0.05, 0.1) is 25.5 Å². The van der Waals surface area contributed by atoms with Crippen molar-refractivity contribution in [2.45, 2.75) is 38.8 Å². The number of piperazine rings is 1. The van der Waals surface area contributed by atoms with Crippen molar-refractivity contribution < 1.29 is 13.9 Å². The maximum absolute atomic E-state index is 14.0. The number of carbonyl (C=O) groups excluding carboxylic acids is 1. The maximum Gasteiger partial charge on any atom is 0.293 e. The zero-order valence-electron chi connectivity index (χ0n) is 20.9. The molecule has 2 aromatic heterocycles. The fourth-order valence-electron chi connectivity index (χ4n) is 5.87. The quantitative estimate of drug-likeness (QED) is 0.442. The molecule has 0 N–H and O–H groups in total. The lowest BCUT2D eigenvalue weighted by atomic mass is 9.78. The van der Waals surface area contributed by atoms with Crippen LogP contribution in [-0.4, -0.2) is 90.0 Å². The number of halogens is 1. The Kier molecular flexibility index (Phi) is 8.18. The number of hydrogen-bond donors (Lipinski definition) is 0. The van der Waals surface area contributed by atoms with Crippen LogP contribution in [0.1, 0.15) is 26.2 Å². The largest absolute Gasteiger partial charge is 0.468 e. The first kappa shape index (κ1) is 25.3. The molecule has 1 atom stereocenters. The molecule has 2 aromatic rings. The molecule has 0 bridgehead atoms. The van der Waals surface area contributed by atoms with Gasteiger partial charge in [-0.25, -0.2) is 9.37 Å². The fraction of sp³-hybridized carbons (Fsp3) is 0.577. The van der Waals surface area contributed by atoms with Gasteiger partial charge in [0.25, 0.3) is 6.47 Å². The summed E-state index contributed by atoms with van der Waals surface area (Å²) < 4.78 is 20.0. The van der Waals surface area contributed by atoms with Crippen molar-refractivity contribution in [2.24, 2.45) is 5.41 Å². The van der Waals surface area contributed by atoms with E-state index in [0.717, 1.165) is 49.2 Å². The van der Waals surface area contributed by atoms with Crippen molar-refractivity contribution in [1.82, 2.24) is 24.6 Å². The molecule has 4 heterocycles. The van der Waals surface area contributed by atoms with Crippen LogP contribution in [0.5, 0.6) is 0 Å². The summed E-state index contributed by atoms with van der Waals surface area (Å²) in [4.78, 5) is 21.1. The predicted octanol–water partition coefficient (Wildman–Crippen LogP) is 3.06. The van der Waals surface area contributed by atoms with Crippen LogP contribution < -0.4 is 4.90 Å². The third-order valence-electron chi connectivity index (χ3n) is 7.35. The molecule has 190 valence electrons. The van der Waals surface area contributed by atoms with E-state index in [0.29, 0.717) is 25.0 Å². The monoisotopic (exact) mass is 484 g/mol. The molecule has 8 nitrogen and oxygen atoms in total. The van der Waals surface area contributed by atoms with Gasteiger partial charge in [-0.3, -0.25) is 14.4 Å². The standard InChI is InChI=1S/C23H31FN6.C3H6O2/c1-3-6-30-15-18(13-26-30)21-11-19(24)14-25-22(21)29-9-7-28(8-10-29)20-4-5-23(12-20)16-27(2)17-23;1-2-5-3-4/h3,11,13-15,20H,1,4-10,12,16-17H2,2H3;3H,2H2,1H3. The van der Waals surface area contributed by atoms with E-state index in [1.807, 2.05) is 10.9 Å². The molecular formula is C26H37FN6O2. The Bertz CT molecular complexity index is 997. The molecule has 1 saturated carbocycles. The smallest absolute Gasteiger partial charge is 0.293 e. The van der Waals surface area contributed by atoms with E-state index in [-0.39, 0.29) is 5.82 Å². The molecule has 3 fully saturated rings. The van der Waals surface area contributed by atoms with E-state index in [2.05, 4.69) is 43.1 Å². The number of pyridine rings is 1. The number of rotatable bonds is 7. The van der Waals surface area contributed by atoms with Crippen molar-refractivity contribution in [3.63, 3.8) is 0 Å². The second kappa shape index (κ2) is 11.3. The highest BCUT2D eigenvalue weighted by atomic mass is 19.1. The summed E-state index contributed by atoms with van der Waals surface area (Å²) in [6, 6.07) is 2.30. The normalized spacial score (nSPS) is 21.8. The first-order valence-corrected chi connectivity index (χ1v) is 12.5. The minimum Gasteiger partial charge on any atom is -0.468 e. The van der Waals surface area contributed by atoms with Crippen LogP contribution in [0.15, 0.2) is 37.3 Å². The van der Waals surface area contributed by atoms with Gasteiger partial charge in [-0.2, -0.15) is 5.10 Å². The molecule has 2 aliphatic heterocycles. The highest BCUT2D eigenvalue weighted by Crippen LogP contribution is 2.46. The van der Waals surface area contributed by atoms with Crippen LogP contribution in [0.25, 0.3) is 11.1 Å². The molecule has 9 heteroatoms. The first-order valence-electron chi connectivity index (χ1n) is 12.5. The van der Waals surface area contributed by atoms with Gasteiger partial charge in [-0.05, 0) is 44.7 Å². The van der Waals surface area contributed by atoms with Gasteiger partial charge < -0.3 is 14.5 Å². The van der Waals surface area contributed by atoms with Crippen molar-refractivity contribution in [3.05, 3.63) is 43.1 Å². The average molecular weight is 485 g/mol. The lowest BCUT2D eigenvalue weighted by Crippen LogP contribution is -2.54.